The maximum atomic E-state index is 11.6. The van der Waals surface area contributed by atoms with Gasteiger partial charge in [-0.1, -0.05) is 30.3 Å². The van der Waals surface area contributed by atoms with E-state index in [9.17, 15) is 5.11 Å². The topological polar surface area (TPSA) is 61.4 Å². The van der Waals surface area contributed by atoms with Crippen LogP contribution in [0.2, 0.25) is 0 Å². The lowest BCUT2D eigenvalue weighted by atomic mass is 9.97. The van der Waals surface area contributed by atoms with Crippen molar-refractivity contribution in [2.75, 3.05) is 6.61 Å². The fourth-order valence-electron chi connectivity index (χ4n) is 5.32. The summed E-state index contributed by atoms with van der Waals surface area (Å²) < 4.78 is 16.5. The molecule has 0 bridgehead atoms. The second-order valence-electron chi connectivity index (χ2n) is 9.36. The van der Waals surface area contributed by atoms with E-state index in [0.29, 0.717) is 12.2 Å². The lowest BCUT2D eigenvalue weighted by Gasteiger charge is -2.32. The molecule has 3 heterocycles. The van der Waals surface area contributed by atoms with Crippen molar-refractivity contribution in [3.05, 3.63) is 83.3 Å². The highest BCUT2D eigenvalue weighted by atomic mass is 16.6. The standard InChI is InChI=1S/C28H29N3O3/c1-19-16-20(2)31(29-19)21-8-7-9-22(17-21)34-28(32)14-13-24-23-10-3-4-11-25(23)30(26(24)18-28)27-12-5-6-15-33-27/h3-4,7-11,13-14,16-17,27,32H,5-6,12,15,18H2,1-2H3. The molecule has 6 nitrogen and oxygen atoms in total. The normalized spacial score (nSPS) is 22.1. The van der Waals surface area contributed by atoms with Crippen molar-refractivity contribution in [3.8, 4) is 11.4 Å². The molecule has 2 atom stereocenters. The molecule has 2 aliphatic rings. The van der Waals surface area contributed by atoms with E-state index in [1.807, 2.05) is 54.9 Å². The molecule has 0 radical (unpaired) electrons. The minimum atomic E-state index is -1.46. The van der Waals surface area contributed by atoms with Gasteiger partial charge in [-0.15, -0.1) is 0 Å². The summed E-state index contributed by atoms with van der Waals surface area (Å²) in [5.74, 6) is -0.862. The van der Waals surface area contributed by atoms with Crippen molar-refractivity contribution in [3.63, 3.8) is 0 Å². The summed E-state index contributed by atoms with van der Waals surface area (Å²) in [7, 11) is 0. The van der Waals surface area contributed by atoms with Crippen molar-refractivity contribution in [1.82, 2.24) is 14.3 Å². The molecule has 34 heavy (non-hydrogen) atoms. The second kappa shape index (κ2) is 8.15. The van der Waals surface area contributed by atoms with Crippen LogP contribution in [0.1, 0.15) is 48.1 Å². The van der Waals surface area contributed by atoms with Crippen LogP contribution in [0.5, 0.6) is 5.75 Å². The van der Waals surface area contributed by atoms with Gasteiger partial charge in [-0.2, -0.15) is 5.10 Å². The van der Waals surface area contributed by atoms with E-state index in [-0.39, 0.29) is 6.23 Å². The molecule has 1 aliphatic carbocycles. The van der Waals surface area contributed by atoms with Gasteiger partial charge in [-0.3, -0.25) is 0 Å². The Balaban J connectivity index is 1.36. The first-order valence-electron chi connectivity index (χ1n) is 12.0. The number of aliphatic hydroxyl groups is 1. The molecule has 4 aromatic rings. The molecule has 0 saturated carbocycles. The number of hydrogen-bond donors (Lipinski definition) is 1. The van der Waals surface area contributed by atoms with Crippen LogP contribution in [0.15, 0.2) is 60.7 Å². The molecule has 6 heteroatoms. The van der Waals surface area contributed by atoms with E-state index in [2.05, 4.69) is 33.9 Å². The maximum Gasteiger partial charge on any atom is 0.233 e. The van der Waals surface area contributed by atoms with Gasteiger partial charge in [-0.25, -0.2) is 4.68 Å². The third kappa shape index (κ3) is 3.63. The Morgan fingerprint density at radius 1 is 1.09 bits per heavy atom. The number of hydrogen-bond acceptors (Lipinski definition) is 4. The molecular weight excluding hydrogens is 426 g/mol. The Labute approximate surface area is 199 Å². The SMILES string of the molecule is Cc1cc(C)n(-c2cccc(OC3(O)C=Cc4c(n(C5CCCCO5)c5ccccc45)C3)c2)n1. The van der Waals surface area contributed by atoms with Crippen LogP contribution < -0.4 is 4.74 Å². The zero-order chi connectivity index (χ0) is 23.3. The van der Waals surface area contributed by atoms with Gasteiger partial charge in [-0.05, 0) is 63.5 Å². The van der Waals surface area contributed by atoms with Crippen LogP contribution in [-0.2, 0) is 11.2 Å². The number of aryl methyl sites for hydroxylation is 2. The Kier molecular flexibility index (Phi) is 5.08. The van der Waals surface area contributed by atoms with E-state index in [1.54, 1.807) is 6.08 Å². The van der Waals surface area contributed by atoms with E-state index in [1.165, 1.54) is 5.39 Å². The number of rotatable bonds is 4. The molecule has 6 rings (SSSR count). The molecule has 2 aromatic heterocycles. The van der Waals surface area contributed by atoms with Crippen LogP contribution in [-0.4, -0.2) is 31.8 Å². The van der Waals surface area contributed by atoms with Crippen LogP contribution >= 0.6 is 0 Å². The molecular formula is C28H29N3O3. The molecule has 1 aliphatic heterocycles. The first kappa shape index (κ1) is 21.2. The number of fused-ring (bicyclic) bond motifs is 3. The summed E-state index contributed by atoms with van der Waals surface area (Å²) in [6, 6.07) is 18.1. The molecule has 1 saturated heterocycles. The maximum absolute atomic E-state index is 11.6. The van der Waals surface area contributed by atoms with E-state index >= 15 is 0 Å². The van der Waals surface area contributed by atoms with Crippen molar-refractivity contribution in [2.24, 2.45) is 0 Å². The zero-order valence-electron chi connectivity index (χ0n) is 19.6. The molecule has 174 valence electrons. The fourth-order valence-corrected chi connectivity index (χ4v) is 5.32. The quantitative estimate of drug-likeness (QED) is 0.414. The molecule has 2 aromatic carbocycles. The fraction of sp³-hybridized carbons (Fsp3) is 0.321. The second-order valence-corrected chi connectivity index (χ2v) is 9.36. The third-order valence-electron chi connectivity index (χ3n) is 6.80. The lowest BCUT2D eigenvalue weighted by Crippen LogP contribution is -2.39. The van der Waals surface area contributed by atoms with E-state index < -0.39 is 5.79 Å². The number of nitrogens with zero attached hydrogens (tertiary/aromatic N) is 3. The first-order chi connectivity index (χ1) is 16.5. The van der Waals surface area contributed by atoms with Crippen LogP contribution in [0.4, 0.5) is 0 Å². The highest BCUT2D eigenvalue weighted by molar-refractivity contribution is 5.92. The van der Waals surface area contributed by atoms with Crippen molar-refractivity contribution < 1.29 is 14.6 Å². The summed E-state index contributed by atoms with van der Waals surface area (Å²) in [6.45, 7) is 4.77. The smallest absolute Gasteiger partial charge is 0.233 e. The molecule has 1 fully saturated rings. The minimum absolute atomic E-state index is 0.0208. The van der Waals surface area contributed by atoms with Gasteiger partial charge in [0.25, 0.3) is 0 Å². The largest absolute Gasteiger partial charge is 0.458 e. The zero-order valence-corrected chi connectivity index (χ0v) is 19.6. The van der Waals surface area contributed by atoms with E-state index in [4.69, 9.17) is 9.47 Å². The van der Waals surface area contributed by atoms with Crippen molar-refractivity contribution >= 4 is 17.0 Å². The summed E-state index contributed by atoms with van der Waals surface area (Å²) in [4.78, 5) is 0. The Morgan fingerprint density at radius 3 is 2.76 bits per heavy atom. The predicted molar refractivity (Wildman–Crippen MR) is 132 cm³/mol. The summed E-state index contributed by atoms with van der Waals surface area (Å²) >= 11 is 0. The number of benzene rings is 2. The van der Waals surface area contributed by atoms with Gasteiger partial charge in [0.2, 0.25) is 5.79 Å². The monoisotopic (exact) mass is 455 g/mol. The first-order valence-corrected chi connectivity index (χ1v) is 12.0. The van der Waals surface area contributed by atoms with Gasteiger partial charge < -0.3 is 19.1 Å². The van der Waals surface area contributed by atoms with Gasteiger partial charge >= 0.3 is 0 Å². The number of para-hydroxylation sites is 1. The minimum Gasteiger partial charge on any atom is -0.458 e. The molecule has 0 amide bonds. The van der Waals surface area contributed by atoms with Gasteiger partial charge in [0.15, 0.2) is 0 Å². The molecule has 1 N–H and O–H groups in total. The predicted octanol–water partition coefficient (Wildman–Crippen LogP) is 5.48. The Morgan fingerprint density at radius 2 is 1.97 bits per heavy atom. The highest BCUT2D eigenvalue weighted by Gasteiger charge is 2.36. The highest BCUT2D eigenvalue weighted by Crippen LogP contribution is 2.39. The van der Waals surface area contributed by atoms with Crippen LogP contribution in [0.3, 0.4) is 0 Å². The summed E-state index contributed by atoms with van der Waals surface area (Å²) in [6.07, 6.45) is 7.29. The Bertz CT molecular complexity index is 1390. The summed E-state index contributed by atoms with van der Waals surface area (Å²) in [5, 5.41) is 17.3. The van der Waals surface area contributed by atoms with Crippen molar-refractivity contribution in [2.45, 2.75) is 51.5 Å². The average molecular weight is 456 g/mol. The Hall–Kier alpha value is -3.35. The van der Waals surface area contributed by atoms with Crippen LogP contribution in [0, 0.1) is 13.8 Å². The van der Waals surface area contributed by atoms with Gasteiger partial charge in [0, 0.05) is 35.0 Å². The van der Waals surface area contributed by atoms with Crippen molar-refractivity contribution in [1.29, 1.82) is 0 Å². The molecule has 0 spiro atoms. The lowest BCUT2D eigenvalue weighted by molar-refractivity contribution is -0.0967. The number of aromatic nitrogens is 3. The van der Waals surface area contributed by atoms with Gasteiger partial charge in [0.1, 0.15) is 12.0 Å². The molecule has 2 unspecified atom stereocenters. The third-order valence-corrected chi connectivity index (χ3v) is 6.80. The number of ether oxygens (including phenoxy) is 2. The summed E-state index contributed by atoms with van der Waals surface area (Å²) in [5.41, 5.74) is 6.23. The van der Waals surface area contributed by atoms with E-state index in [0.717, 1.165) is 59.7 Å². The van der Waals surface area contributed by atoms with Gasteiger partial charge in [0.05, 0.1) is 23.3 Å². The van der Waals surface area contributed by atoms with Crippen LogP contribution in [0.25, 0.3) is 22.7 Å². The average Bonchev–Trinajstić information content (AvgIpc) is 3.35.